The van der Waals surface area contributed by atoms with Crippen LogP contribution in [0.1, 0.15) is 41.3 Å². The summed E-state index contributed by atoms with van der Waals surface area (Å²) in [6, 6.07) is 11.9. The third-order valence-corrected chi connectivity index (χ3v) is 6.01. The van der Waals surface area contributed by atoms with E-state index in [4.69, 9.17) is 4.74 Å². The smallest absolute Gasteiger partial charge is 0.253 e. The first-order chi connectivity index (χ1) is 14.0. The van der Waals surface area contributed by atoms with Crippen molar-refractivity contribution in [2.45, 2.75) is 40.2 Å². The number of carbonyl (C=O) groups is 1. The molecule has 152 valence electrons. The van der Waals surface area contributed by atoms with E-state index in [1.54, 1.807) is 0 Å². The molecule has 1 amide bonds. The van der Waals surface area contributed by atoms with Crippen LogP contribution in [-0.4, -0.2) is 40.1 Å². The fraction of sp³-hybridized carbons (Fsp3) is 0.417. The van der Waals surface area contributed by atoms with Gasteiger partial charge in [0, 0.05) is 25.2 Å². The predicted octanol–water partition coefficient (Wildman–Crippen LogP) is 4.60. The van der Waals surface area contributed by atoms with Gasteiger partial charge in [-0.05, 0) is 87.1 Å². The lowest BCUT2D eigenvalue weighted by molar-refractivity contribution is 0.0683. The summed E-state index contributed by atoms with van der Waals surface area (Å²) in [5.74, 6) is 1.49. The van der Waals surface area contributed by atoms with Crippen LogP contribution in [0.15, 0.2) is 42.7 Å². The van der Waals surface area contributed by atoms with Crippen molar-refractivity contribution in [3.05, 3.63) is 59.4 Å². The number of rotatable bonds is 5. The molecule has 2 heterocycles. The summed E-state index contributed by atoms with van der Waals surface area (Å²) in [7, 11) is 0. The Morgan fingerprint density at radius 1 is 1.10 bits per heavy atom. The van der Waals surface area contributed by atoms with Gasteiger partial charge >= 0.3 is 0 Å². The first kappa shape index (κ1) is 19.5. The molecular formula is C24H29N3O2. The number of piperidine rings is 1. The first-order valence-electron chi connectivity index (χ1n) is 10.5. The van der Waals surface area contributed by atoms with Gasteiger partial charge in [0.2, 0.25) is 0 Å². The zero-order valence-electron chi connectivity index (χ0n) is 17.5. The van der Waals surface area contributed by atoms with Crippen LogP contribution in [0.3, 0.4) is 0 Å². The van der Waals surface area contributed by atoms with Crippen molar-refractivity contribution in [1.29, 1.82) is 0 Å². The van der Waals surface area contributed by atoms with Crippen molar-refractivity contribution >= 4 is 16.9 Å². The highest BCUT2D eigenvalue weighted by atomic mass is 16.5. The Morgan fingerprint density at radius 3 is 2.48 bits per heavy atom. The average molecular weight is 392 g/mol. The van der Waals surface area contributed by atoms with Gasteiger partial charge in [-0.2, -0.15) is 0 Å². The molecule has 0 bridgehead atoms. The number of hydrogen-bond acceptors (Lipinski definition) is 3. The van der Waals surface area contributed by atoms with Crippen molar-refractivity contribution < 1.29 is 9.53 Å². The topological polar surface area (TPSA) is 47.4 Å². The van der Waals surface area contributed by atoms with E-state index in [-0.39, 0.29) is 5.91 Å². The Bertz CT molecular complexity index is 999. The number of likely N-dealkylation sites (tertiary alicyclic amines) is 1. The Kier molecular flexibility index (Phi) is 5.56. The third-order valence-electron chi connectivity index (χ3n) is 6.01. The average Bonchev–Trinajstić information content (AvgIpc) is 3.10. The molecule has 4 rings (SSSR count). The molecule has 5 heteroatoms. The maximum absolute atomic E-state index is 12.8. The van der Waals surface area contributed by atoms with Crippen LogP contribution in [0.5, 0.6) is 5.75 Å². The molecular weight excluding hydrogens is 362 g/mol. The second-order valence-electron chi connectivity index (χ2n) is 8.02. The summed E-state index contributed by atoms with van der Waals surface area (Å²) >= 11 is 0. The molecule has 5 nitrogen and oxygen atoms in total. The molecule has 0 spiro atoms. The quantitative estimate of drug-likeness (QED) is 0.638. The zero-order valence-corrected chi connectivity index (χ0v) is 17.5. The van der Waals surface area contributed by atoms with Crippen LogP contribution in [0.2, 0.25) is 0 Å². The monoisotopic (exact) mass is 391 g/mol. The Hall–Kier alpha value is -2.82. The molecule has 0 N–H and O–H groups in total. The number of imidazole rings is 1. The molecule has 1 saturated heterocycles. The van der Waals surface area contributed by atoms with Crippen LogP contribution in [-0.2, 0) is 6.54 Å². The van der Waals surface area contributed by atoms with Gasteiger partial charge in [0.05, 0.1) is 24.0 Å². The molecule has 3 aromatic rings. The van der Waals surface area contributed by atoms with Crippen molar-refractivity contribution in [1.82, 2.24) is 14.5 Å². The van der Waals surface area contributed by atoms with Gasteiger partial charge in [-0.1, -0.05) is 0 Å². The minimum absolute atomic E-state index is 0.116. The highest BCUT2D eigenvalue weighted by molar-refractivity contribution is 5.94. The van der Waals surface area contributed by atoms with E-state index < -0.39 is 0 Å². The minimum atomic E-state index is 0.116. The van der Waals surface area contributed by atoms with E-state index >= 15 is 0 Å². The van der Waals surface area contributed by atoms with Gasteiger partial charge in [-0.15, -0.1) is 0 Å². The summed E-state index contributed by atoms with van der Waals surface area (Å²) in [5, 5.41) is 0. The molecule has 0 aliphatic carbocycles. The molecule has 1 aliphatic rings. The number of carbonyl (C=O) groups excluding carboxylic acids is 1. The van der Waals surface area contributed by atoms with E-state index in [0.29, 0.717) is 12.5 Å². The number of hydrogen-bond donors (Lipinski definition) is 0. The number of aryl methyl sites for hydroxylation is 2. The van der Waals surface area contributed by atoms with Crippen LogP contribution in [0, 0.1) is 19.8 Å². The highest BCUT2D eigenvalue weighted by Crippen LogP contribution is 2.24. The normalized spacial score (nSPS) is 15.1. The van der Waals surface area contributed by atoms with Gasteiger partial charge < -0.3 is 14.2 Å². The van der Waals surface area contributed by atoms with Crippen molar-refractivity contribution in [3.8, 4) is 5.75 Å². The molecule has 1 aliphatic heterocycles. The SMILES string of the molecule is CCOc1ccc(C(=O)N2CCC(Cn3cnc4cc(C)c(C)cc43)CC2)cc1. The molecule has 0 unspecified atom stereocenters. The fourth-order valence-corrected chi connectivity index (χ4v) is 4.10. The second kappa shape index (κ2) is 8.27. The summed E-state index contributed by atoms with van der Waals surface area (Å²) in [6.45, 7) is 9.44. The minimum Gasteiger partial charge on any atom is -0.494 e. The van der Waals surface area contributed by atoms with Crippen LogP contribution in [0.4, 0.5) is 0 Å². The summed E-state index contributed by atoms with van der Waals surface area (Å²) in [5.41, 5.74) is 5.59. The third kappa shape index (κ3) is 4.14. The van der Waals surface area contributed by atoms with Gasteiger partial charge in [-0.25, -0.2) is 4.98 Å². The van der Waals surface area contributed by atoms with Gasteiger partial charge in [0.1, 0.15) is 5.75 Å². The van der Waals surface area contributed by atoms with E-state index in [1.807, 2.05) is 42.4 Å². The van der Waals surface area contributed by atoms with E-state index in [0.717, 1.165) is 49.3 Å². The fourth-order valence-electron chi connectivity index (χ4n) is 4.10. The van der Waals surface area contributed by atoms with Gasteiger partial charge in [-0.3, -0.25) is 4.79 Å². The Balaban J connectivity index is 1.37. The van der Waals surface area contributed by atoms with E-state index in [2.05, 4.69) is 35.5 Å². The number of amides is 1. The van der Waals surface area contributed by atoms with Crippen molar-refractivity contribution in [2.75, 3.05) is 19.7 Å². The number of ether oxygens (including phenoxy) is 1. The van der Waals surface area contributed by atoms with Crippen molar-refractivity contribution in [3.63, 3.8) is 0 Å². The predicted molar refractivity (Wildman–Crippen MR) is 115 cm³/mol. The van der Waals surface area contributed by atoms with Gasteiger partial charge in [0.15, 0.2) is 0 Å². The standard InChI is InChI=1S/C24H29N3O2/c1-4-29-21-7-5-20(6-8-21)24(28)26-11-9-19(10-12-26)15-27-16-25-22-13-17(2)18(3)14-23(22)27/h5-8,13-14,16,19H,4,9-12,15H2,1-3H3. The lowest BCUT2D eigenvalue weighted by Crippen LogP contribution is -2.39. The molecule has 1 aromatic heterocycles. The largest absolute Gasteiger partial charge is 0.494 e. The second-order valence-corrected chi connectivity index (χ2v) is 8.02. The van der Waals surface area contributed by atoms with Gasteiger partial charge in [0.25, 0.3) is 5.91 Å². The Labute approximate surface area is 172 Å². The zero-order chi connectivity index (χ0) is 20.4. The number of nitrogens with zero attached hydrogens (tertiary/aromatic N) is 3. The summed E-state index contributed by atoms with van der Waals surface area (Å²) in [4.78, 5) is 19.4. The summed E-state index contributed by atoms with van der Waals surface area (Å²) in [6.07, 6.45) is 4.00. The highest BCUT2D eigenvalue weighted by Gasteiger charge is 2.24. The lowest BCUT2D eigenvalue weighted by Gasteiger charge is -2.32. The molecule has 0 atom stereocenters. The molecule has 0 radical (unpaired) electrons. The molecule has 29 heavy (non-hydrogen) atoms. The van der Waals surface area contributed by atoms with Crippen LogP contribution < -0.4 is 4.74 Å². The lowest BCUT2D eigenvalue weighted by atomic mass is 9.96. The maximum atomic E-state index is 12.8. The number of benzene rings is 2. The Morgan fingerprint density at radius 2 is 1.79 bits per heavy atom. The van der Waals surface area contributed by atoms with Crippen molar-refractivity contribution in [2.24, 2.45) is 5.92 Å². The molecule has 2 aromatic carbocycles. The number of fused-ring (bicyclic) bond motifs is 1. The maximum Gasteiger partial charge on any atom is 0.253 e. The van der Waals surface area contributed by atoms with Crippen LogP contribution >= 0.6 is 0 Å². The summed E-state index contributed by atoms with van der Waals surface area (Å²) < 4.78 is 7.74. The molecule has 0 saturated carbocycles. The first-order valence-corrected chi connectivity index (χ1v) is 10.5. The van der Waals surface area contributed by atoms with Crippen LogP contribution in [0.25, 0.3) is 11.0 Å². The van der Waals surface area contributed by atoms with E-state index in [1.165, 1.54) is 16.6 Å². The molecule has 1 fully saturated rings. The van der Waals surface area contributed by atoms with E-state index in [9.17, 15) is 4.79 Å². The number of aromatic nitrogens is 2.